The minimum absolute atomic E-state index is 0.00921. The number of carbonyl (C=O) groups is 1. The molecule has 2 aliphatic heterocycles. The zero-order chi connectivity index (χ0) is 14.4. The number of benzene rings is 1. The van der Waals surface area contributed by atoms with E-state index in [1.54, 1.807) is 12.1 Å². The molecule has 1 aromatic heterocycles. The maximum atomic E-state index is 12.4. The lowest BCUT2D eigenvalue weighted by atomic mass is 9.96. The number of hydrogen-bond donors (Lipinski definition) is 1. The topological polar surface area (TPSA) is 58.4 Å². The lowest BCUT2D eigenvalue weighted by Crippen LogP contribution is -2.47. The molecule has 3 atom stereocenters. The highest BCUT2D eigenvalue weighted by atomic mass is 16.3. The molecule has 1 unspecified atom stereocenters. The molecule has 1 N–H and O–H groups in total. The van der Waals surface area contributed by atoms with E-state index in [0.717, 1.165) is 30.0 Å². The summed E-state index contributed by atoms with van der Waals surface area (Å²) < 4.78 is 5.44. The van der Waals surface area contributed by atoms with Crippen molar-refractivity contribution >= 4 is 17.0 Å². The van der Waals surface area contributed by atoms with Gasteiger partial charge in [-0.1, -0.05) is 0 Å². The van der Waals surface area contributed by atoms with Crippen LogP contribution in [0.15, 0.2) is 22.6 Å². The van der Waals surface area contributed by atoms with Gasteiger partial charge in [0, 0.05) is 31.6 Å². The summed E-state index contributed by atoms with van der Waals surface area (Å²) in [7, 11) is 0. The Balaban J connectivity index is 1.50. The quantitative estimate of drug-likeness (QED) is 0.916. The molecule has 2 aliphatic rings. The number of carbonyl (C=O) groups excluding carboxylic acids is 1. The van der Waals surface area contributed by atoms with Crippen LogP contribution in [0.3, 0.4) is 0 Å². The molecule has 5 nitrogen and oxygen atoms in total. The third kappa shape index (κ3) is 2.42. The number of piperidine rings is 1. The predicted molar refractivity (Wildman–Crippen MR) is 79.2 cm³/mol. The summed E-state index contributed by atoms with van der Waals surface area (Å²) in [5.74, 6) is 1.37. The molecule has 0 spiro atoms. The van der Waals surface area contributed by atoms with Gasteiger partial charge in [-0.05, 0) is 43.5 Å². The molecular weight excluding hydrogens is 266 g/mol. The van der Waals surface area contributed by atoms with Gasteiger partial charge in [0.1, 0.15) is 5.52 Å². The number of fused-ring (bicyclic) bond motifs is 3. The Morgan fingerprint density at radius 3 is 3.19 bits per heavy atom. The second kappa shape index (κ2) is 4.84. The van der Waals surface area contributed by atoms with E-state index in [2.05, 4.69) is 15.2 Å². The molecule has 1 aromatic carbocycles. The van der Waals surface area contributed by atoms with Crippen LogP contribution >= 0.6 is 0 Å². The van der Waals surface area contributed by atoms with Crippen LogP contribution in [0, 0.1) is 12.8 Å². The van der Waals surface area contributed by atoms with Crippen molar-refractivity contribution in [1.29, 1.82) is 0 Å². The average molecular weight is 285 g/mol. The molecule has 4 rings (SSSR count). The molecule has 21 heavy (non-hydrogen) atoms. The zero-order valence-corrected chi connectivity index (χ0v) is 12.1. The number of aromatic nitrogens is 1. The van der Waals surface area contributed by atoms with Gasteiger partial charge in [-0.2, -0.15) is 0 Å². The van der Waals surface area contributed by atoms with E-state index >= 15 is 0 Å². The highest BCUT2D eigenvalue weighted by Gasteiger charge is 2.32. The van der Waals surface area contributed by atoms with Crippen LogP contribution in [0.2, 0.25) is 0 Å². The SMILES string of the molecule is Cc1nc2cc(C(=O)N[C@@H]3C[C@H]4CCN(C4)C3)ccc2o1. The van der Waals surface area contributed by atoms with E-state index in [-0.39, 0.29) is 11.9 Å². The lowest BCUT2D eigenvalue weighted by molar-refractivity contribution is 0.0909. The first-order valence-corrected chi connectivity index (χ1v) is 7.58. The summed E-state index contributed by atoms with van der Waals surface area (Å²) >= 11 is 0. The molecule has 0 aliphatic carbocycles. The largest absolute Gasteiger partial charge is 0.441 e. The summed E-state index contributed by atoms with van der Waals surface area (Å²) in [4.78, 5) is 19.1. The van der Waals surface area contributed by atoms with Crippen LogP contribution in [-0.4, -0.2) is 41.5 Å². The number of amides is 1. The average Bonchev–Trinajstić information content (AvgIpc) is 2.99. The van der Waals surface area contributed by atoms with Gasteiger partial charge < -0.3 is 14.6 Å². The monoisotopic (exact) mass is 285 g/mol. The standard InChI is InChI=1S/C16H19N3O2/c1-10-17-14-7-12(2-3-15(14)21-10)16(20)18-13-6-11-4-5-19(8-11)9-13/h2-3,7,11,13H,4-6,8-9H2,1H3,(H,18,20)/t11-,13-/m1/s1. The van der Waals surface area contributed by atoms with E-state index in [0.29, 0.717) is 11.5 Å². The van der Waals surface area contributed by atoms with Gasteiger partial charge in [0.05, 0.1) is 0 Å². The van der Waals surface area contributed by atoms with Crippen molar-refractivity contribution in [2.24, 2.45) is 5.92 Å². The van der Waals surface area contributed by atoms with Crippen molar-refractivity contribution in [3.8, 4) is 0 Å². The highest BCUT2D eigenvalue weighted by molar-refractivity contribution is 5.97. The number of nitrogens with one attached hydrogen (secondary N) is 1. The highest BCUT2D eigenvalue weighted by Crippen LogP contribution is 2.27. The first-order valence-electron chi connectivity index (χ1n) is 7.58. The fourth-order valence-corrected chi connectivity index (χ4v) is 3.62. The van der Waals surface area contributed by atoms with Crippen molar-refractivity contribution in [3.05, 3.63) is 29.7 Å². The van der Waals surface area contributed by atoms with Crippen LogP contribution in [0.25, 0.3) is 11.1 Å². The van der Waals surface area contributed by atoms with E-state index in [9.17, 15) is 4.79 Å². The van der Waals surface area contributed by atoms with Crippen LogP contribution in [-0.2, 0) is 0 Å². The second-order valence-electron chi connectivity index (χ2n) is 6.24. The molecular formula is C16H19N3O2. The zero-order valence-electron chi connectivity index (χ0n) is 12.1. The van der Waals surface area contributed by atoms with Gasteiger partial charge in [0.2, 0.25) is 0 Å². The number of rotatable bonds is 2. The van der Waals surface area contributed by atoms with E-state index in [1.807, 2.05) is 13.0 Å². The minimum Gasteiger partial charge on any atom is -0.441 e. The van der Waals surface area contributed by atoms with Crippen LogP contribution in [0.4, 0.5) is 0 Å². The van der Waals surface area contributed by atoms with Crippen molar-refractivity contribution in [2.75, 3.05) is 19.6 Å². The van der Waals surface area contributed by atoms with Crippen molar-refractivity contribution in [3.63, 3.8) is 0 Å². The molecule has 0 radical (unpaired) electrons. The van der Waals surface area contributed by atoms with Crippen LogP contribution in [0.1, 0.15) is 29.1 Å². The minimum atomic E-state index is -0.00921. The van der Waals surface area contributed by atoms with Gasteiger partial charge in [-0.25, -0.2) is 4.98 Å². The van der Waals surface area contributed by atoms with Gasteiger partial charge >= 0.3 is 0 Å². The first kappa shape index (κ1) is 12.8. The Kier molecular flexibility index (Phi) is 2.96. The fraction of sp³-hybridized carbons (Fsp3) is 0.500. The Morgan fingerprint density at radius 2 is 2.33 bits per heavy atom. The first-order chi connectivity index (χ1) is 10.2. The van der Waals surface area contributed by atoms with Gasteiger partial charge in [0.25, 0.3) is 5.91 Å². The number of oxazole rings is 1. The van der Waals surface area contributed by atoms with Gasteiger partial charge in [0.15, 0.2) is 11.5 Å². The van der Waals surface area contributed by atoms with Crippen molar-refractivity contribution in [1.82, 2.24) is 15.2 Å². The number of hydrogen-bond acceptors (Lipinski definition) is 4. The molecule has 2 fully saturated rings. The Bertz CT molecular complexity index is 682. The number of aryl methyl sites for hydroxylation is 1. The second-order valence-corrected chi connectivity index (χ2v) is 6.24. The lowest BCUT2D eigenvalue weighted by Gasteiger charge is -2.30. The Hall–Kier alpha value is -1.88. The van der Waals surface area contributed by atoms with Crippen LogP contribution in [0.5, 0.6) is 0 Å². The third-order valence-electron chi connectivity index (χ3n) is 4.56. The summed E-state index contributed by atoms with van der Waals surface area (Å²) in [6.07, 6.45) is 2.38. The summed E-state index contributed by atoms with van der Waals surface area (Å²) in [5, 5.41) is 3.17. The molecule has 110 valence electrons. The predicted octanol–water partition coefficient (Wildman–Crippen LogP) is 1.96. The van der Waals surface area contributed by atoms with E-state index in [4.69, 9.17) is 4.42 Å². The summed E-state index contributed by atoms with van der Waals surface area (Å²) in [6.45, 7) is 5.18. The third-order valence-corrected chi connectivity index (χ3v) is 4.56. The number of nitrogens with zero attached hydrogens (tertiary/aromatic N) is 2. The van der Waals surface area contributed by atoms with Crippen molar-refractivity contribution < 1.29 is 9.21 Å². The Labute approximate surface area is 123 Å². The molecule has 2 aromatic rings. The molecule has 2 saturated heterocycles. The normalized spacial score (nSPS) is 28.0. The summed E-state index contributed by atoms with van der Waals surface area (Å²) in [6, 6.07) is 5.70. The maximum Gasteiger partial charge on any atom is 0.251 e. The molecule has 5 heteroatoms. The van der Waals surface area contributed by atoms with Crippen LogP contribution < -0.4 is 5.32 Å². The summed E-state index contributed by atoms with van der Waals surface area (Å²) in [5.41, 5.74) is 2.13. The maximum absolute atomic E-state index is 12.4. The van der Waals surface area contributed by atoms with E-state index < -0.39 is 0 Å². The van der Waals surface area contributed by atoms with E-state index in [1.165, 1.54) is 19.5 Å². The molecule has 1 amide bonds. The molecule has 0 saturated carbocycles. The van der Waals surface area contributed by atoms with Gasteiger partial charge in [-0.3, -0.25) is 4.79 Å². The van der Waals surface area contributed by atoms with Gasteiger partial charge in [-0.15, -0.1) is 0 Å². The van der Waals surface area contributed by atoms with Crippen molar-refractivity contribution in [2.45, 2.75) is 25.8 Å². The smallest absolute Gasteiger partial charge is 0.251 e. The Morgan fingerprint density at radius 1 is 1.43 bits per heavy atom. The fourth-order valence-electron chi connectivity index (χ4n) is 3.62. The molecule has 2 bridgehead atoms. The molecule has 3 heterocycles.